The largest absolute Gasteiger partial charge is 0.326 e. The molecule has 1 aromatic rings. The summed E-state index contributed by atoms with van der Waals surface area (Å²) in [5, 5.41) is 4.47. The van der Waals surface area contributed by atoms with Crippen LogP contribution in [0.5, 0.6) is 0 Å². The van der Waals surface area contributed by atoms with Gasteiger partial charge in [-0.1, -0.05) is 12.8 Å². The molecular formula is C12H21N3. The minimum absolute atomic E-state index is 0.445. The first-order chi connectivity index (χ1) is 7.24. The summed E-state index contributed by atoms with van der Waals surface area (Å²) < 4.78 is 2.16. The van der Waals surface area contributed by atoms with E-state index in [2.05, 4.69) is 23.6 Å². The fraction of sp³-hybridized carbons (Fsp3) is 0.750. The third-order valence-corrected chi connectivity index (χ3v) is 3.36. The Morgan fingerprint density at radius 3 is 2.67 bits per heavy atom. The summed E-state index contributed by atoms with van der Waals surface area (Å²) in [6.07, 6.45) is 7.29. The van der Waals surface area contributed by atoms with Gasteiger partial charge in [0, 0.05) is 29.8 Å². The Morgan fingerprint density at radius 2 is 2.13 bits per heavy atom. The van der Waals surface area contributed by atoms with Crippen molar-refractivity contribution in [2.24, 2.45) is 5.73 Å². The molecule has 1 saturated carbocycles. The Morgan fingerprint density at radius 1 is 1.47 bits per heavy atom. The third kappa shape index (κ3) is 1.93. The summed E-state index contributed by atoms with van der Waals surface area (Å²) >= 11 is 0. The highest BCUT2D eigenvalue weighted by Gasteiger charge is 2.24. The van der Waals surface area contributed by atoms with Crippen LogP contribution in [0.15, 0.2) is 6.20 Å². The van der Waals surface area contributed by atoms with Crippen molar-refractivity contribution in [3.8, 4) is 0 Å². The summed E-state index contributed by atoms with van der Waals surface area (Å²) in [7, 11) is 0. The van der Waals surface area contributed by atoms with E-state index in [9.17, 15) is 0 Å². The van der Waals surface area contributed by atoms with Gasteiger partial charge in [0.05, 0.1) is 6.20 Å². The highest BCUT2D eigenvalue weighted by molar-refractivity contribution is 5.23. The molecule has 0 bridgehead atoms. The Bertz CT molecular complexity index is 322. The van der Waals surface area contributed by atoms with Gasteiger partial charge in [-0.2, -0.15) is 5.10 Å². The second-order valence-corrected chi connectivity index (χ2v) is 4.78. The summed E-state index contributed by atoms with van der Waals surface area (Å²) in [6, 6.07) is 0.445. The van der Waals surface area contributed by atoms with Gasteiger partial charge in [0.15, 0.2) is 0 Å². The van der Waals surface area contributed by atoms with Gasteiger partial charge in [0.1, 0.15) is 0 Å². The molecule has 0 radical (unpaired) electrons. The Labute approximate surface area is 91.7 Å². The first-order valence-electron chi connectivity index (χ1n) is 6.00. The molecule has 0 saturated heterocycles. The molecule has 3 nitrogen and oxygen atoms in total. The number of aromatic nitrogens is 2. The quantitative estimate of drug-likeness (QED) is 0.828. The first kappa shape index (κ1) is 10.7. The number of rotatable bonds is 3. The van der Waals surface area contributed by atoms with Crippen LogP contribution in [0.1, 0.15) is 62.7 Å². The van der Waals surface area contributed by atoms with E-state index < -0.39 is 0 Å². The topological polar surface area (TPSA) is 43.8 Å². The van der Waals surface area contributed by atoms with E-state index in [0.717, 1.165) is 0 Å². The van der Waals surface area contributed by atoms with Gasteiger partial charge in [-0.3, -0.25) is 4.68 Å². The SMILES string of the molecule is CC(C)n1ncc(CN)c1C1CCCC1. The van der Waals surface area contributed by atoms with Crippen LogP contribution in [-0.2, 0) is 6.54 Å². The van der Waals surface area contributed by atoms with Gasteiger partial charge in [0.2, 0.25) is 0 Å². The molecule has 1 fully saturated rings. The van der Waals surface area contributed by atoms with Crippen LogP contribution in [0.4, 0.5) is 0 Å². The minimum atomic E-state index is 0.445. The maximum atomic E-state index is 5.78. The lowest BCUT2D eigenvalue weighted by molar-refractivity contribution is 0.483. The van der Waals surface area contributed by atoms with Crippen LogP contribution in [-0.4, -0.2) is 9.78 Å². The average Bonchev–Trinajstić information content (AvgIpc) is 2.85. The van der Waals surface area contributed by atoms with E-state index in [0.29, 0.717) is 18.5 Å². The zero-order valence-corrected chi connectivity index (χ0v) is 9.74. The maximum Gasteiger partial charge on any atom is 0.0537 e. The fourth-order valence-electron chi connectivity index (χ4n) is 2.62. The Hall–Kier alpha value is -0.830. The highest BCUT2D eigenvalue weighted by Crippen LogP contribution is 2.36. The van der Waals surface area contributed by atoms with Crippen molar-refractivity contribution in [2.75, 3.05) is 0 Å². The van der Waals surface area contributed by atoms with Gasteiger partial charge in [-0.25, -0.2) is 0 Å². The van der Waals surface area contributed by atoms with Crippen molar-refractivity contribution in [1.82, 2.24) is 9.78 Å². The predicted molar refractivity (Wildman–Crippen MR) is 61.7 cm³/mol. The molecule has 15 heavy (non-hydrogen) atoms. The van der Waals surface area contributed by atoms with Crippen LogP contribution < -0.4 is 5.73 Å². The normalized spacial score (nSPS) is 17.9. The third-order valence-electron chi connectivity index (χ3n) is 3.36. The maximum absolute atomic E-state index is 5.78. The Balaban J connectivity index is 2.35. The number of hydrogen-bond acceptors (Lipinski definition) is 2. The lowest BCUT2D eigenvalue weighted by Gasteiger charge is -2.17. The number of nitrogens with two attached hydrogens (primary N) is 1. The molecule has 0 atom stereocenters. The summed E-state index contributed by atoms with van der Waals surface area (Å²) in [6.45, 7) is 5.00. The summed E-state index contributed by atoms with van der Waals surface area (Å²) in [5.41, 5.74) is 8.43. The summed E-state index contributed by atoms with van der Waals surface area (Å²) in [4.78, 5) is 0. The molecule has 1 aromatic heterocycles. The van der Waals surface area contributed by atoms with E-state index >= 15 is 0 Å². The van der Waals surface area contributed by atoms with Gasteiger partial charge in [-0.15, -0.1) is 0 Å². The Kier molecular flexibility index (Phi) is 3.10. The zero-order valence-electron chi connectivity index (χ0n) is 9.74. The molecule has 0 aliphatic heterocycles. The van der Waals surface area contributed by atoms with E-state index in [1.807, 2.05) is 6.20 Å². The lowest BCUT2D eigenvalue weighted by Crippen LogP contribution is -2.12. The van der Waals surface area contributed by atoms with Crippen LogP contribution in [0.25, 0.3) is 0 Å². The molecular weight excluding hydrogens is 186 g/mol. The van der Waals surface area contributed by atoms with Crippen LogP contribution in [0, 0.1) is 0 Å². The van der Waals surface area contributed by atoms with Crippen LogP contribution >= 0.6 is 0 Å². The molecule has 0 spiro atoms. The molecule has 84 valence electrons. The van der Waals surface area contributed by atoms with E-state index in [4.69, 9.17) is 5.73 Å². The molecule has 0 amide bonds. The summed E-state index contributed by atoms with van der Waals surface area (Å²) in [5.74, 6) is 0.702. The van der Waals surface area contributed by atoms with Gasteiger partial charge in [-0.05, 0) is 26.7 Å². The highest BCUT2D eigenvalue weighted by atomic mass is 15.3. The zero-order chi connectivity index (χ0) is 10.8. The smallest absolute Gasteiger partial charge is 0.0537 e. The van der Waals surface area contributed by atoms with Crippen molar-refractivity contribution in [1.29, 1.82) is 0 Å². The minimum Gasteiger partial charge on any atom is -0.326 e. The van der Waals surface area contributed by atoms with E-state index in [-0.39, 0.29) is 0 Å². The molecule has 2 N–H and O–H groups in total. The predicted octanol–water partition coefficient (Wildman–Crippen LogP) is 2.58. The van der Waals surface area contributed by atoms with Gasteiger partial charge in [0.25, 0.3) is 0 Å². The number of hydrogen-bond donors (Lipinski definition) is 1. The molecule has 0 unspecified atom stereocenters. The molecule has 2 rings (SSSR count). The van der Waals surface area contributed by atoms with Gasteiger partial charge < -0.3 is 5.73 Å². The second-order valence-electron chi connectivity index (χ2n) is 4.78. The van der Waals surface area contributed by atoms with Crippen molar-refractivity contribution in [2.45, 2.75) is 58.0 Å². The first-order valence-corrected chi connectivity index (χ1v) is 6.00. The van der Waals surface area contributed by atoms with E-state index in [1.165, 1.54) is 36.9 Å². The molecule has 1 aliphatic carbocycles. The van der Waals surface area contributed by atoms with Crippen molar-refractivity contribution < 1.29 is 0 Å². The van der Waals surface area contributed by atoms with E-state index in [1.54, 1.807) is 0 Å². The van der Waals surface area contributed by atoms with Crippen molar-refractivity contribution in [3.63, 3.8) is 0 Å². The lowest BCUT2D eigenvalue weighted by atomic mass is 9.99. The second kappa shape index (κ2) is 4.35. The average molecular weight is 207 g/mol. The molecule has 1 heterocycles. The molecule has 1 aliphatic rings. The van der Waals surface area contributed by atoms with Crippen LogP contribution in [0.3, 0.4) is 0 Å². The van der Waals surface area contributed by atoms with Crippen molar-refractivity contribution >= 4 is 0 Å². The number of nitrogens with zero attached hydrogens (tertiary/aromatic N) is 2. The van der Waals surface area contributed by atoms with Gasteiger partial charge >= 0.3 is 0 Å². The fourth-order valence-corrected chi connectivity index (χ4v) is 2.62. The van der Waals surface area contributed by atoms with Crippen molar-refractivity contribution in [3.05, 3.63) is 17.5 Å². The monoisotopic (exact) mass is 207 g/mol. The standard InChI is InChI=1S/C12H21N3/c1-9(2)15-12(10-5-3-4-6-10)11(7-13)8-14-15/h8-10H,3-7,13H2,1-2H3. The van der Waals surface area contributed by atoms with Crippen LogP contribution in [0.2, 0.25) is 0 Å². The molecule has 3 heteroatoms. The molecule has 0 aromatic carbocycles.